The number of aliphatic hydroxyl groups is 12. The quantitative estimate of drug-likeness (QED) is 0.101. The van der Waals surface area contributed by atoms with E-state index in [1.807, 2.05) is 0 Å². The molecule has 21 heteroatoms. The van der Waals surface area contributed by atoms with Gasteiger partial charge in [-0.2, -0.15) is 0 Å². The minimum Gasteiger partial charge on any atom is -0.394 e. The van der Waals surface area contributed by atoms with Gasteiger partial charge >= 0.3 is 0 Å². The molecule has 13 N–H and O–H groups in total. The van der Waals surface area contributed by atoms with Crippen LogP contribution in [0.25, 0.3) is 0 Å². The first-order chi connectivity index (χ1) is 22.1. The predicted octanol–water partition coefficient (Wildman–Crippen LogP) is -8.58. The van der Waals surface area contributed by atoms with Crippen molar-refractivity contribution in [1.82, 2.24) is 5.32 Å². The maximum Gasteiger partial charge on any atom is 0.217 e. The van der Waals surface area contributed by atoms with Gasteiger partial charge in [-0.05, 0) is 6.92 Å². The third kappa shape index (κ3) is 8.04. The van der Waals surface area contributed by atoms with Crippen LogP contribution in [0.1, 0.15) is 13.8 Å². The summed E-state index contributed by atoms with van der Waals surface area (Å²) < 4.78 is 39.5. The lowest BCUT2D eigenvalue weighted by Gasteiger charge is -2.51. The summed E-state index contributed by atoms with van der Waals surface area (Å²) in [7, 11) is 0. The van der Waals surface area contributed by atoms with E-state index in [0.717, 1.165) is 6.92 Å². The topological polar surface area (TPSA) is 336 Å². The lowest BCUT2D eigenvalue weighted by Crippen LogP contribution is -2.71. The van der Waals surface area contributed by atoms with Crippen LogP contribution in [0.3, 0.4) is 0 Å². The first-order valence-corrected chi connectivity index (χ1v) is 15.0. The van der Waals surface area contributed by atoms with E-state index >= 15 is 0 Å². The van der Waals surface area contributed by atoms with Gasteiger partial charge in [-0.3, -0.25) is 4.79 Å². The Balaban J connectivity index is 1.73. The minimum absolute atomic E-state index is 0.759. The second-order valence-electron chi connectivity index (χ2n) is 11.9. The van der Waals surface area contributed by atoms with Crippen molar-refractivity contribution < 1.29 is 99.2 Å². The van der Waals surface area contributed by atoms with Crippen molar-refractivity contribution in [3.05, 3.63) is 0 Å². The van der Waals surface area contributed by atoms with Crippen LogP contribution in [0, 0.1) is 0 Å². The van der Waals surface area contributed by atoms with Crippen LogP contribution < -0.4 is 5.32 Å². The van der Waals surface area contributed by atoms with Gasteiger partial charge in [-0.25, -0.2) is 0 Å². The zero-order valence-electron chi connectivity index (χ0n) is 25.3. The van der Waals surface area contributed by atoms with Crippen molar-refractivity contribution in [1.29, 1.82) is 0 Å². The summed E-state index contributed by atoms with van der Waals surface area (Å²) in [5.74, 6) is -0.759. The summed E-state index contributed by atoms with van der Waals surface area (Å²) in [6.07, 6.45) is -32.7. The van der Waals surface area contributed by atoms with Crippen LogP contribution in [-0.4, -0.2) is 210 Å². The monoisotopic (exact) mass is 691 g/mol. The van der Waals surface area contributed by atoms with Gasteiger partial charge in [-0.15, -0.1) is 0 Å². The SMILES string of the molecule is CC(=O)N[C@H]1[C@@H](O[C@H]2[C@@H](O)[C@@H](CO)OC(O)[C@@H]2O)O[C@H](CO)[C@@H](O[C@@H]2O[C@H](CO)[C@H](O)[C@H](O)[C@H]2O)[C@@H]1O[C@@H]1O[C@@H](C)[C@@H](O)[C@@H](O)[C@@H]1O. The second-order valence-corrected chi connectivity index (χ2v) is 11.9. The highest BCUT2D eigenvalue weighted by Crippen LogP contribution is 2.35. The molecule has 1 amide bonds. The smallest absolute Gasteiger partial charge is 0.217 e. The van der Waals surface area contributed by atoms with E-state index in [-0.39, 0.29) is 0 Å². The van der Waals surface area contributed by atoms with Crippen molar-refractivity contribution in [2.45, 2.75) is 137 Å². The molecule has 4 aliphatic rings. The molecule has 4 saturated heterocycles. The van der Waals surface area contributed by atoms with Gasteiger partial charge in [0.15, 0.2) is 25.2 Å². The number of aliphatic hydroxyl groups excluding tert-OH is 12. The molecule has 20 atom stereocenters. The summed E-state index contributed by atoms with van der Waals surface area (Å²) in [6.45, 7) is -0.142. The Hall–Kier alpha value is -1.29. The molecule has 47 heavy (non-hydrogen) atoms. The highest BCUT2D eigenvalue weighted by molar-refractivity contribution is 5.73. The molecule has 274 valence electrons. The fourth-order valence-electron chi connectivity index (χ4n) is 5.88. The van der Waals surface area contributed by atoms with E-state index in [1.165, 1.54) is 6.92 Å². The summed E-state index contributed by atoms with van der Waals surface area (Å²) in [4.78, 5) is 12.5. The van der Waals surface area contributed by atoms with Crippen LogP contribution in [0.5, 0.6) is 0 Å². The minimum atomic E-state index is -1.96. The molecule has 4 rings (SSSR count). The molecule has 0 aromatic heterocycles. The first-order valence-electron chi connectivity index (χ1n) is 15.0. The van der Waals surface area contributed by atoms with Gasteiger partial charge in [0.05, 0.1) is 25.9 Å². The van der Waals surface area contributed by atoms with Gasteiger partial charge in [-0.1, -0.05) is 0 Å². The Labute approximate surface area is 267 Å². The average Bonchev–Trinajstić information content (AvgIpc) is 3.04. The third-order valence-corrected chi connectivity index (χ3v) is 8.57. The molecule has 0 aromatic carbocycles. The number of carbonyl (C=O) groups excluding carboxylic acids is 1. The molecule has 0 radical (unpaired) electrons. The normalized spacial score (nSPS) is 51.0. The molecule has 0 aliphatic carbocycles. The molecule has 4 heterocycles. The lowest BCUT2D eigenvalue weighted by atomic mass is 9.93. The number of carbonyl (C=O) groups is 1. The fraction of sp³-hybridized carbons (Fsp3) is 0.962. The second kappa shape index (κ2) is 16.2. The Morgan fingerprint density at radius 3 is 1.62 bits per heavy atom. The van der Waals surface area contributed by atoms with Crippen LogP contribution in [0.2, 0.25) is 0 Å². The van der Waals surface area contributed by atoms with Gasteiger partial charge in [0.2, 0.25) is 5.91 Å². The highest BCUT2D eigenvalue weighted by Gasteiger charge is 2.56. The average molecular weight is 692 g/mol. The van der Waals surface area contributed by atoms with E-state index in [1.54, 1.807) is 0 Å². The van der Waals surface area contributed by atoms with Gasteiger partial charge in [0.25, 0.3) is 0 Å². The highest BCUT2D eigenvalue weighted by atomic mass is 16.8. The van der Waals surface area contributed by atoms with Crippen LogP contribution in [0.15, 0.2) is 0 Å². The van der Waals surface area contributed by atoms with Crippen LogP contribution in [-0.2, 0) is 38.0 Å². The predicted molar refractivity (Wildman–Crippen MR) is 144 cm³/mol. The molecule has 21 nitrogen and oxygen atoms in total. The van der Waals surface area contributed by atoms with Crippen molar-refractivity contribution in [3.63, 3.8) is 0 Å². The summed E-state index contributed by atoms with van der Waals surface area (Å²) >= 11 is 0. The van der Waals surface area contributed by atoms with E-state index < -0.39 is 148 Å². The van der Waals surface area contributed by atoms with Gasteiger partial charge in [0.1, 0.15) is 91.5 Å². The Bertz CT molecular complexity index is 1010. The maximum atomic E-state index is 12.5. The Kier molecular flexibility index (Phi) is 13.2. The first kappa shape index (κ1) is 38.5. The number of ether oxygens (including phenoxy) is 7. The van der Waals surface area contributed by atoms with E-state index in [4.69, 9.17) is 33.2 Å². The summed E-state index contributed by atoms with van der Waals surface area (Å²) in [5.41, 5.74) is 0. The molecular weight excluding hydrogens is 646 g/mol. The molecule has 0 saturated carbocycles. The van der Waals surface area contributed by atoms with Gasteiger partial charge in [0, 0.05) is 6.92 Å². The molecule has 4 aliphatic heterocycles. The van der Waals surface area contributed by atoms with Crippen molar-refractivity contribution in [2.24, 2.45) is 0 Å². The van der Waals surface area contributed by atoms with E-state index in [0.29, 0.717) is 0 Å². The molecule has 1 unspecified atom stereocenters. The van der Waals surface area contributed by atoms with Crippen molar-refractivity contribution in [2.75, 3.05) is 19.8 Å². The zero-order valence-corrected chi connectivity index (χ0v) is 25.3. The van der Waals surface area contributed by atoms with E-state index in [9.17, 15) is 66.1 Å². The number of nitrogens with one attached hydrogen (secondary N) is 1. The summed E-state index contributed by atoms with van der Waals surface area (Å²) in [6, 6.07) is -1.60. The number of rotatable bonds is 10. The maximum absolute atomic E-state index is 12.5. The fourth-order valence-corrected chi connectivity index (χ4v) is 5.88. The molecule has 0 bridgehead atoms. The van der Waals surface area contributed by atoms with Crippen molar-refractivity contribution >= 4 is 5.91 Å². The number of hydrogen-bond acceptors (Lipinski definition) is 20. The Morgan fingerprint density at radius 2 is 1.04 bits per heavy atom. The molecular formula is C26H45NO20. The number of hydrogen-bond donors (Lipinski definition) is 13. The van der Waals surface area contributed by atoms with E-state index in [2.05, 4.69) is 5.32 Å². The third-order valence-electron chi connectivity index (χ3n) is 8.57. The van der Waals surface area contributed by atoms with Crippen molar-refractivity contribution in [3.8, 4) is 0 Å². The number of amides is 1. The molecule has 0 spiro atoms. The van der Waals surface area contributed by atoms with Crippen LogP contribution in [0.4, 0.5) is 0 Å². The van der Waals surface area contributed by atoms with Gasteiger partial charge < -0.3 is 99.8 Å². The molecule has 4 fully saturated rings. The Morgan fingerprint density at radius 1 is 0.553 bits per heavy atom. The molecule has 0 aromatic rings. The van der Waals surface area contributed by atoms with Crippen LogP contribution >= 0.6 is 0 Å². The standard InChI is InChI=1S/C26H45NO20/c1-6-12(32)15(35)17(37)25(41-6)46-21-11(27-7(2)31)24(47-22-14(34)9(4-29)42-23(40)19(22)39)44-10(5-30)20(21)45-26-18(38)16(36)13(33)8(3-28)43-26/h6,8-26,28-30,32-40H,3-5H2,1-2H3,(H,27,31)/t6-,8+,9+,10+,11+,12+,13-,14-,15+,16-,17-,18+,19+,20+,21+,22-,23?,24+,25-,26-/m0/s1. The summed E-state index contributed by atoms with van der Waals surface area (Å²) in [5, 5.41) is 126. The lowest BCUT2D eigenvalue weighted by molar-refractivity contribution is -0.384. The zero-order chi connectivity index (χ0) is 34.9. The largest absolute Gasteiger partial charge is 0.394 e.